The summed E-state index contributed by atoms with van der Waals surface area (Å²) in [7, 11) is 1.17. The lowest BCUT2D eigenvalue weighted by atomic mass is 10.2. The molecule has 3 nitrogen and oxygen atoms in total. The van der Waals surface area contributed by atoms with Gasteiger partial charge in [-0.3, -0.25) is 0 Å². The van der Waals surface area contributed by atoms with Gasteiger partial charge in [0.1, 0.15) is 0 Å². The topological polar surface area (TPSA) is 46.5 Å². The Morgan fingerprint density at radius 2 is 2.07 bits per heavy atom. The van der Waals surface area contributed by atoms with Crippen LogP contribution in [0.5, 0.6) is 5.75 Å². The molecule has 1 aromatic rings. The lowest BCUT2D eigenvalue weighted by Gasteiger charge is -2.00. The summed E-state index contributed by atoms with van der Waals surface area (Å²) < 4.78 is 30.2. The molecule has 0 saturated heterocycles. The molecule has 0 aliphatic heterocycles. The number of benzene rings is 1. The molecule has 0 aliphatic rings. The number of ether oxygens (including phenoxy) is 1. The van der Waals surface area contributed by atoms with E-state index in [1.807, 2.05) is 0 Å². The number of carbonyl (C=O) groups is 1. The molecule has 0 aliphatic carbocycles. The molecule has 0 saturated carbocycles. The van der Waals surface area contributed by atoms with Gasteiger partial charge in [-0.2, -0.15) is 4.39 Å². The Morgan fingerprint density at radius 1 is 1.40 bits per heavy atom. The van der Waals surface area contributed by atoms with Crippen LogP contribution in [-0.2, 0) is 9.53 Å². The van der Waals surface area contributed by atoms with Crippen LogP contribution in [0, 0.1) is 11.6 Å². The molecule has 1 rings (SSSR count). The standard InChI is InChI=1S/C10H8F2O3/c1-15-8(14)5-3-6-2-4-7(13)10(12)9(6)11/h2-5,13H,1H3. The Hall–Kier alpha value is -1.91. The molecule has 15 heavy (non-hydrogen) atoms. The summed E-state index contributed by atoms with van der Waals surface area (Å²) in [5.41, 5.74) is -0.143. The van der Waals surface area contributed by atoms with Crippen molar-refractivity contribution in [1.29, 1.82) is 0 Å². The third-order valence-electron chi connectivity index (χ3n) is 1.69. The molecule has 0 aromatic heterocycles. The minimum Gasteiger partial charge on any atom is -0.505 e. The maximum absolute atomic E-state index is 13.1. The summed E-state index contributed by atoms with van der Waals surface area (Å²) in [5, 5.41) is 8.82. The average Bonchev–Trinajstić information content (AvgIpc) is 2.24. The van der Waals surface area contributed by atoms with Crippen LogP contribution >= 0.6 is 0 Å². The van der Waals surface area contributed by atoms with E-state index in [0.717, 1.165) is 24.3 Å². The number of rotatable bonds is 2. The van der Waals surface area contributed by atoms with Crippen LogP contribution < -0.4 is 0 Å². The number of aromatic hydroxyl groups is 1. The third kappa shape index (κ3) is 2.52. The van der Waals surface area contributed by atoms with Gasteiger partial charge in [0.2, 0.25) is 5.82 Å². The summed E-state index contributed by atoms with van der Waals surface area (Å²) >= 11 is 0. The van der Waals surface area contributed by atoms with E-state index in [9.17, 15) is 13.6 Å². The summed E-state index contributed by atoms with van der Waals surface area (Å²) in [6.07, 6.45) is 2.01. The molecule has 0 atom stereocenters. The highest BCUT2D eigenvalue weighted by atomic mass is 19.2. The lowest BCUT2D eigenvalue weighted by molar-refractivity contribution is -0.134. The Labute approximate surface area is 84.6 Å². The summed E-state index contributed by atoms with van der Waals surface area (Å²) in [5.74, 6) is -4.01. The van der Waals surface area contributed by atoms with Crippen molar-refractivity contribution < 1.29 is 23.4 Å². The number of hydrogen-bond donors (Lipinski definition) is 1. The summed E-state index contributed by atoms with van der Waals surface area (Å²) in [4.78, 5) is 10.7. The zero-order valence-electron chi connectivity index (χ0n) is 7.83. The molecule has 5 heteroatoms. The molecule has 0 fully saturated rings. The normalized spacial score (nSPS) is 10.6. The molecule has 0 amide bonds. The predicted octanol–water partition coefficient (Wildman–Crippen LogP) is 1.86. The molecule has 1 aromatic carbocycles. The van der Waals surface area contributed by atoms with Crippen LogP contribution in [0.15, 0.2) is 18.2 Å². The number of phenolic OH excluding ortho intramolecular Hbond substituents is 1. The first kappa shape index (κ1) is 11.2. The zero-order valence-corrected chi connectivity index (χ0v) is 7.83. The Morgan fingerprint density at radius 3 is 2.67 bits per heavy atom. The fraction of sp³-hybridized carbons (Fsp3) is 0.100. The van der Waals surface area contributed by atoms with Crippen molar-refractivity contribution in [2.45, 2.75) is 0 Å². The first-order valence-electron chi connectivity index (χ1n) is 3.99. The second-order valence-electron chi connectivity index (χ2n) is 2.66. The van der Waals surface area contributed by atoms with Crippen LogP contribution in [0.3, 0.4) is 0 Å². The van der Waals surface area contributed by atoms with Gasteiger partial charge < -0.3 is 9.84 Å². The maximum Gasteiger partial charge on any atom is 0.330 e. The number of halogens is 2. The largest absolute Gasteiger partial charge is 0.505 e. The highest BCUT2D eigenvalue weighted by Gasteiger charge is 2.10. The van der Waals surface area contributed by atoms with Gasteiger partial charge in [0, 0.05) is 11.6 Å². The highest BCUT2D eigenvalue weighted by molar-refractivity contribution is 5.86. The Balaban J connectivity index is 3.02. The zero-order chi connectivity index (χ0) is 11.4. The van der Waals surface area contributed by atoms with E-state index in [4.69, 9.17) is 5.11 Å². The van der Waals surface area contributed by atoms with Crippen molar-refractivity contribution in [3.63, 3.8) is 0 Å². The molecule has 0 radical (unpaired) electrons. The average molecular weight is 214 g/mol. The van der Waals surface area contributed by atoms with E-state index in [1.165, 1.54) is 7.11 Å². The van der Waals surface area contributed by atoms with Gasteiger partial charge in [-0.1, -0.05) is 0 Å². The van der Waals surface area contributed by atoms with Gasteiger partial charge in [0.05, 0.1) is 7.11 Å². The molecular formula is C10H8F2O3. The van der Waals surface area contributed by atoms with Crippen LogP contribution in [0.1, 0.15) is 5.56 Å². The van der Waals surface area contributed by atoms with Gasteiger partial charge in [0.15, 0.2) is 11.6 Å². The SMILES string of the molecule is COC(=O)C=Cc1ccc(O)c(F)c1F. The van der Waals surface area contributed by atoms with Crippen LogP contribution in [0.2, 0.25) is 0 Å². The van der Waals surface area contributed by atoms with Crippen molar-refractivity contribution in [1.82, 2.24) is 0 Å². The van der Waals surface area contributed by atoms with Crippen molar-refractivity contribution in [2.75, 3.05) is 7.11 Å². The molecule has 1 N–H and O–H groups in total. The summed E-state index contributed by atoms with van der Waals surface area (Å²) in [6, 6.07) is 2.14. The minimum atomic E-state index is -1.35. The van der Waals surface area contributed by atoms with Crippen molar-refractivity contribution in [3.05, 3.63) is 35.4 Å². The number of carbonyl (C=O) groups excluding carboxylic acids is 1. The quantitative estimate of drug-likeness (QED) is 0.603. The predicted molar refractivity (Wildman–Crippen MR) is 49.1 cm³/mol. The molecule has 0 unspecified atom stereocenters. The first-order valence-corrected chi connectivity index (χ1v) is 3.99. The fourth-order valence-electron chi connectivity index (χ4n) is 0.909. The Kier molecular flexibility index (Phi) is 3.38. The van der Waals surface area contributed by atoms with Gasteiger partial charge in [-0.25, -0.2) is 9.18 Å². The van der Waals surface area contributed by atoms with Gasteiger partial charge >= 0.3 is 5.97 Å². The maximum atomic E-state index is 13.1. The molecule has 0 heterocycles. The van der Waals surface area contributed by atoms with E-state index in [1.54, 1.807) is 0 Å². The Bertz CT molecular complexity index is 413. The molecule has 0 spiro atoms. The second-order valence-corrected chi connectivity index (χ2v) is 2.66. The molecule has 80 valence electrons. The monoisotopic (exact) mass is 214 g/mol. The first-order chi connectivity index (χ1) is 7.06. The van der Waals surface area contributed by atoms with Gasteiger partial charge in [0.25, 0.3) is 0 Å². The third-order valence-corrected chi connectivity index (χ3v) is 1.69. The number of hydrogen-bond acceptors (Lipinski definition) is 3. The van der Waals surface area contributed by atoms with E-state index in [0.29, 0.717) is 0 Å². The lowest BCUT2D eigenvalue weighted by Crippen LogP contribution is -1.94. The summed E-state index contributed by atoms with van der Waals surface area (Å²) in [6.45, 7) is 0. The van der Waals surface area contributed by atoms with E-state index < -0.39 is 23.4 Å². The van der Waals surface area contributed by atoms with Crippen LogP contribution in [-0.4, -0.2) is 18.2 Å². The van der Waals surface area contributed by atoms with Crippen molar-refractivity contribution in [3.8, 4) is 5.75 Å². The van der Waals surface area contributed by atoms with Crippen LogP contribution in [0.4, 0.5) is 8.78 Å². The minimum absolute atomic E-state index is 0.143. The van der Waals surface area contributed by atoms with E-state index in [2.05, 4.69) is 4.74 Å². The fourth-order valence-corrected chi connectivity index (χ4v) is 0.909. The smallest absolute Gasteiger partial charge is 0.330 e. The van der Waals surface area contributed by atoms with Crippen molar-refractivity contribution in [2.24, 2.45) is 0 Å². The van der Waals surface area contributed by atoms with E-state index in [-0.39, 0.29) is 5.56 Å². The number of esters is 1. The van der Waals surface area contributed by atoms with Gasteiger partial charge in [-0.05, 0) is 18.2 Å². The molecular weight excluding hydrogens is 206 g/mol. The van der Waals surface area contributed by atoms with Crippen LogP contribution in [0.25, 0.3) is 6.08 Å². The van der Waals surface area contributed by atoms with Gasteiger partial charge in [-0.15, -0.1) is 0 Å². The van der Waals surface area contributed by atoms with E-state index >= 15 is 0 Å². The number of methoxy groups -OCH3 is 1. The highest BCUT2D eigenvalue weighted by Crippen LogP contribution is 2.21. The molecule has 0 bridgehead atoms. The number of phenols is 1. The second kappa shape index (κ2) is 4.54. The van der Waals surface area contributed by atoms with Crippen molar-refractivity contribution >= 4 is 12.0 Å².